The van der Waals surface area contributed by atoms with Gasteiger partial charge in [0, 0.05) is 28.6 Å². The summed E-state index contributed by atoms with van der Waals surface area (Å²) in [4.78, 5) is 0. The summed E-state index contributed by atoms with van der Waals surface area (Å²) in [7, 11) is 0. The minimum absolute atomic E-state index is 0.732. The maximum atomic E-state index is 6.38. The second kappa shape index (κ2) is 7.34. The van der Waals surface area contributed by atoms with E-state index >= 15 is 0 Å². The molecule has 0 radical (unpaired) electrons. The Labute approximate surface area is 163 Å². The summed E-state index contributed by atoms with van der Waals surface area (Å²) < 4.78 is 2.00. The van der Waals surface area contributed by atoms with E-state index in [9.17, 15) is 0 Å². The molecule has 0 saturated carbocycles. The van der Waals surface area contributed by atoms with E-state index in [1.807, 2.05) is 41.9 Å². The van der Waals surface area contributed by atoms with Crippen LogP contribution in [-0.4, -0.2) is 16.3 Å². The van der Waals surface area contributed by atoms with Crippen LogP contribution in [0.2, 0.25) is 10.0 Å². The van der Waals surface area contributed by atoms with Gasteiger partial charge in [-0.2, -0.15) is 5.10 Å². The molecule has 26 heavy (non-hydrogen) atoms. The van der Waals surface area contributed by atoms with Crippen molar-refractivity contribution in [1.82, 2.24) is 9.78 Å². The fourth-order valence-electron chi connectivity index (χ4n) is 3.44. The lowest BCUT2D eigenvalue weighted by molar-refractivity contribution is 0.767. The molecule has 4 rings (SSSR count). The highest BCUT2D eigenvalue weighted by Crippen LogP contribution is 2.31. The molecule has 0 spiro atoms. The van der Waals surface area contributed by atoms with Gasteiger partial charge in [0.25, 0.3) is 0 Å². The van der Waals surface area contributed by atoms with Crippen LogP contribution >= 0.6 is 23.2 Å². The molecule has 0 aliphatic carbocycles. The van der Waals surface area contributed by atoms with Crippen LogP contribution < -0.4 is 5.32 Å². The molecule has 1 aliphatic rings. The van der Waals surface area contributed by atoms with Crippen LogP contribution in [0.25, 0.3) is 5.69 Å². The summed E-state index contributed by atoms with van der Waals surface area (Å²) >= 11 is 12.7. The van der Waals surface area contributed by atoms with E-state index in [4.69, 9.17) is 28.3 Å². The minimum atomic E-state index is 0.732. The topological polar surface area (TPSA) is 29.9 Å². The van der Waals surface area contributed by atoms with Gasteiger partial charge in [-0.25, -0.2) is 4.68 Å². The highest BCUT2D eigenvalue weighted by atomic mass is 35.5. The number of nitrogens with one attached hydrogen (secondary N) is 1. The van der Waals surface area contributed by atoms with Gasteiger partial charge >= 0.3 is 0 Å². The van der Waals surface area contributed by atoms with Gasteiger partial charge in [0.2, 0.25) is 0 Å². The van der Waals surface area contributed by atoms with Crippen LogP contribution in [0.4, 0.5) is 5.82 Å². The van der Waals surface area contributed by atoms with Gasteiger partial charge < -0.3 is 5.32 Å². The van der Waals surface area contributed by atoms with E-state index in [0.717, 1.165) is 70.6 Å². The zero-order chi connectivity index (χ0) is 18.1. The molecular weight excluding hydrogens is 365 g/mol. The van der Waals surface area contributed by atoms with Crippen molar-refractivity contribution in [1.29, 1.82) is 0 Å². The quantitative estimate of drug-likeness (QED) is 0.614. The van der Waals surface area contributed by atoms with Crippen LogP contribution in [0.15, 0.2) is 42.5 Å². The second-order valence-electron chi connectivity index (χ2n) is 6.77. The van der Waals surface area contributed by atoms with Crippen LogP contribution in [0, 0.1) is 6.92 Å². The third kappa shape index (κ3) is 3.34. The molecule has 134 valence electrons. The molecule has 2 aromatic carbocycles. The maximum Gasteiger partial charge on any atom is 0.133 e. The molecule has 0 fully saturated rings. The first-order valence-electron chi connectivity index (χ1n) is 8.98. The van der Waals surface area contributed by atoms with Crippen molar-refractivity contribution >= 4 is 29.0 Å². The van der Waals surface area contributed by atoms with Gasteiger partial charge in [0.15, 0.2) is 0 Å². The monoisotopic (exact) mass is 385 g/mol. The van der Waals surface area contributed by atoms with Crippen molar-refractivity contribution in [2.24, 2.45) is 0 Å². The van der Waals surface area contributed by atoms with E-state index in [0.29, 0.717) is 0 Å². The Bertz CT molecular complexity index is 946. The number of aromatic nitrogens is 2. The Morgan fingerprint density at radius 3 is 2.73 bits per heavy atom. The lowest BCUT2D eigenvalue weighted by atomic mass is 10.0. The molecule has 0 unspecified atom stereocenters. The average Bonchev–Trinajstić information content (AvgIpc) is 2.81. The molecule has 3 nitrogen and oxygen atoms in total. The first-order valence-corrected chi connectivity index (χ1v) is 9.73. The number of rotatable bonds is 3. The summed E-state index contributed by atoms with van der Waals surface area (Å²) in [6.45, 7) is 2.97. The Morgan fingerprint density at radius 1 is 1.08 bits per heavy atom. The maximum absolute atomic E-state index is 6.38. The largest absolute Gasteiger partial charge is 0.370 e. The van der Waals surface area contributed by atoms with Gasteiger partial charge in [-0.3, -0.25) is 0 Å². The number of anilines is 1. The van der Waals surface area contributed by atoms with Crippen LogP contribution in [-0.2, 0) is 12.8 Å². The fourth-order valence-corrected chi connectivity index (χ4v) is 3.82. The number of nitrogens with zero attached hydrogens (tertiary/aromatic N) is 2. The lowest BCUT2D eigenvalue weighted by Crippen LogP contribution is -2.07. The number of hydrogen-bond acceptors (Lipinski definition) is 2. The number of benzene rings is 2. The third-order valence-electron chi connectivity index (χ3n) is 4.93. The van der Waals surface area contributed by atoms with Crippen LogP contribution in [0.1, 0.15) is 35.2 Å². The highest BCUT2D eigenvalue weighted by molar-refractivity contribution is 6.31. The van der Waals surface area contributed by atoms with E-state index in [1.165, 1.54) is 5.56 Å². The number of halogens is 2. The van der Waals surface area contributed by atoms with Gasteiger partial charge in [-0.15, -0.1) is 0 Å². The standard InChI is InChI=1S/C21H21Cl2N3/c1-14-9-10-16(13-19(14)23)26-21-17(7-4-5-11-24-21)20(25-26)12-15-6-2-3-8-18(15)22/h2-3,6,8-10,13,24H,4-5,7,11-12H2,1H3. The lowest BCUT2D eigenvalue weighted by Gasteiger charge is -2.10. The number of aryl methyl sites for hydroxylation is 1. The predicted molar refractivity (Wildman–Crippen MR) is 109 cm³/mol. The zero-order valence-corrected chi connectivity index (χ0v) is 16.2. The number of hydrogen-bond donors (Lipinski definition) is 1. The summed E-state index contributed by atoms with van der Waals surface area (Å²) in [5.41, 5.74) is 5.53. The van der Waals surface area contributed by atoms with Crippen molar-refractivity contribution in [3.63, 3.8) is 0 Å². The van der Waals surface area contributed by atoms with Crippen molar-refractivity contribution in [3.8, 4) is 5.69 Å². The molecule has 0 bridgehead atoms. The smallest absolute Gasteiger partial charge is 0.133 e. The van der Waals surface area contributed by atoms with Crippen molar-refractivity contribution in [3.05, 3.63) is 74.9 Å². The average molecular weight is 386 g/mol. The number of fused-ring (bicyclic) bond motifs is 1. The first kappa shape index (κ1) is 17.4. The highest BCUT2D eigenvalue weighted by Gasteiger charge is 2.21. The molecule has 3 aromatic rings. The second-order valence-corrected chi connectivity index (χ2v) is 7.59. The van der Waals surface area contributed by atoms with Gasteiger partial charge in [-0.05, 0) is 55.5 Å². The first-order chi connectivity index (χ1) is 12.6. The Hall–Kier alpha value is -1.97. The van der Waals surface area contributed by atoms with E-state index in [-0.39, 0.29) is 0 Å². The van der Waals surface area contributed by atoms with Crippen LogP contribution in [0.5, 0.6) is 0 Å². The molecule has 5 heteroatoms. The molecule has 0 atom stereocenters. The summed E-state index contributed by atoms with van der Waals surface area (Å²) in [6.07, 6.45) is 4.09. The third-order valence-corrected chi connectivity index (χ3v) is 5.70. The van der Waals surface area contributed by atoms with Crippen molar-refractivity contribution in [2.75, 3.05) is 11.9 Å². The normalized spacial score (nSPS) is 13.8. The Morgan fingerprint density at radius 2 is 1.92 bits per heavy atom. The summed E-state index contributed by atoms with van der Waals surface area (Å²) in [5, 5.41) is 10.1. The molecule has 0 amide bonds. The van der Waals surface area contributed by atoms with E-state index in [2.05, 4.69) is 17.4 Å². The molecule has 0 saturated heterocycles. The molecule has 1 aliphatic heterocycles. The van der Waals surface area contributed by atoms with Gasteiger partial charge in [0.05, 0.1) is 11.4 Å². The summed E-state index contributed by atoms with van der Waals surface area (Å²) in [5.74, 6) is 1.09. The van der Waals surface area contributed by atoms with Gasteiger partial charge in [-0.1, -0.05) is 47.5 Å². The van der Waals surface area contributed by atoms with Crippen LogP contribution in [0.3, 0.4) is 0 Å². The SMILES string of the molecule is Cc1ccc(-n2nc(Cc3ccccc3Cl)c3c2NCCCC3)cc1Cl. The molecular formula is C21H21Cl2N3. The zero-order valence-electron chi connectivity index (χ0n) is 14.7. The summed E-state index contributed by atoms with van der Waals surface area (Å²) in [6, 6.07) is 14.1. The Balaban J connectivity index is 1.81. The predicted octanol–water partition coefficient (Wildman–Crippen LogP) is 5.83. The fraction of sp³-hybridized carbons (Fsp3) is 0.286. The van der Waals surface area contributed by atoms with Gasteiger partial charge in [0.1, 0.15) is 5.82 Å². The Kier molecular flexibility index (Phi) is 4.92. The van der Waals surface area contributed by atoms with Crippen molar-refractivity contribution < 1.29 is 0 Å². The van der Waals surface area contributed by atoms with E-state index < -0.39 is 0 Å². The molecule has 2 heterocycles. The molecule has 1 aromatic heterocycles. The minimum Gasteiger partial charge on any atom is -0.370 e. The van der Waals surface area contributed by atoms with E-state index in [1.54, 1.807) is 0 Å². The van der Waals surface area contributed by atoms with Crippen molar-refractivity contribution in [2.45, 2.75) is 32.6 Å². The molecule has 1 N–H and O–H groups in total.